The van der Waals surface area contributed by atoms with Gasteiger partial charge in [0, 0.05) is 10.9 Å². The van der Waals surface area contributed by atoms with Crippen LogP contribution in [0, 0.1) is 0 Å². The van der Waals surface area contributed by atoms with Crippen LogP contribution in [0.15, 0.2) is 77.0 Å². The van der Waals surface area contributed by atoms with Crippen molar-refractivity contribution >= 4 is 16.8 Å². The maximum Gasteiger partial charge on any atom is 0.295 e. The molecule has 1 aromatic heterocycles. The molecule has 0 bridgehead atoms. The van der Waals surface area contributed by atoms with Gasteiger partial charge < -0.3 is 0 Å². The van der Waals surface area contributed by atoms with Crippen LogP contribution in [0.5, 0.6) is 0 Å². The van der Waals surface area contributed by atoms with Crippen molar-refractivity contribution in [1.82, 2.24) is 4.98 Å². The number of carbonyl (C=O) groups excluding carboxylic acids is 1. The molecule has 1 amide bonds. The zero-order chi connectivity index (χ0) is 14.5. The normalized spacial score (nSPS) is 11.0. The summed E-state index contributed by atoms with van der Waals surface area (Å²) in [5.41, 5.74) is 2.24. The van der Waals surface area contributed by atoms with Crippen molar-refractivity contribution in [2.24, 2.45) is 10.2 Å². The Morgan fingerprint density at radius 3 is 2.52 bits per heavy atom. The van der Waals surface area contributed by atoms with Crippen molar-refractivity contribution in [3.05, 3.63) is 78.0 Å². The second-order valence-electron chi connectivity index (χ2n) is 4.57. The number of pyridine rings is 1. The Kier molecular flexibility index (Phi) is 3.78. The number of carbonyl (C=O) groups is 1. The van der Waals surface area contributed by atoms with Crippen LogP contribution in [0.25, 0.3) is 10.9 Å². The predicted molar refractivity (Wildman–Crippen MR) is 81.1 cm³/mol. The quantitative estimate of drug-likeness (QED) is 0.678. The molecule has 0 aliphatic carbocycles. The van der Waals surface area contributed by atoms with Crippen LogP contribution < -0.4 is 0 Å². The lowest BCUT2D eigenvalue weighted by atomic mass is 10.2. The van der Waals surface area contributed by atoms with Gasteiger partial charge in [-0.1, -0.05) is 42.5 Å². The summed E-state index contributed by atoms with van der Waals surface area (Å²) in [4.78, 5) is 16.2. The highest BCUT2D eigenvalue weighted by Crippen LogP contribution is 2.12. The summed E-state index contributed by atoms with van der Waals surface area (Å²) < 4.78 is 0. The van der Waals surface area contributed by atoms with Crippen LogP contribution in [0.3, 0.4) is 0 Å². The predicted octanol–water partition coefficient (Wildman–Crippen LogP) is 4.03. The standard InChI is InChI=1S/C17H13N3O/c21-17(14-7-2-1-3-8-14)20-18-12-15-11-10-13-6-4-5-9-16(13)19-15/h1-11H,12H2. The minimum absolute atomic E-state index is 0.295. The summed E-state index contributed by atoms with van der Waals surface area (Å²) in [5, 5.41) is 8.74. The molecule has 0 atom stereocenters. The van der Waals surface area contributed by atoms with Gasteiger partial charge in [0.05, 0.1) is 11.2 Å². The van der Waals surface area contributed by atoms with Crippen LogP contribution >= 0.6 is 0 Å². The molecule has 0 radical (unpaired) electrons. The van der Waals surface area contributed by atoms with Gasteiger partial charge >= 0.3 is 0 Å². The number of hydrogen-bond acceptors (Lipinski definition) is 3. The second kappa shape index (κ2) is 6.05. The summed E-state index contributed by atoms with van der Waals surface area (Å²) in [7, 11) is 0. The first kappa shape index (κ1) is 13.1. The number of aromatic nitrogens is 1. The molecular weight excluding hydrogens is 262 g/mol. The summed E-state index contributed by atoms with van der Waals surface area (Å²) in [6.45, 7) is 0.295. The van der Waals surface area contributed by atoms with Gasteiger partial charge in [0.25, 0.3) is 5.91 Å². The fourth-order valence-electron chi connectivity index (χ4n) is 2.01. The minimum Gasteiger partial charge on any atom is -0.265 e. The topological polar surface area (TPSA) is 54.7 Å². The third-order valence-corrected chi connectivity index (χ3v) is 3.07. The van der Waals surface area contributed by atoms with Crippen molar-refractivity contribution in [3.8, 4) is 0 Å². The minimum atomic E-state index is -0.337. The van der Waals surface area contributed by atoms with E-state index in [4.69, 9.17) is 0 Å². The van der Waals surface area contributed by atoms with E-state index >= 15 is 0 Å². The molecule has 21 heavy (non-hydrogen) atoms. The number of rotatable bonds is 3. The number of para-hydroxylation sites is 1. The Balaban J connectivity index is 1.71. The lowest BCUT2D eigenvalue weighted by Crippen LogP contribution is -1.93. The van der Waals surface area contributed by atoms with Crippen LogP contribution in [-0.2, 0) is 6.54 Å². The molecule has 4 nitrogen and oxygen atoms in total. The van der Waals surface area contributed by atoms with E-state index in [0.717, 1.165) is 16.6 Å². The fraction of sp³-hybridized carbons (Fsp3) is 0.0588. The average Bonchev–Trinajstić information content (AvgIpc) is 2.55. The molecule has 0 fully saturated rings. The van der Waals surface area contributed by atoms with Gasteiger partial charge in [-0.25, -0.2) is 0 Å². The summed E-state index contributed by atoms with van der Waals surface area (Å²) in [6.07, 6.45) is 0. The van der Waals surface area contributed by atoms with Gasteiger partial charge in [0.2, 0.25) is 0 Å². The molecule has 0 saturated carbocycles. The monoisotopic (exact) mass is 275 g/mol. The molecule has 4 heteroatoms. The van der Waals surface area contributed by atoms with Crippen LogP contribution in [0.1, 0.15) is 16.1 Å². The highest BCUT2D eigenvalue weighted by molar-refractivity contribution is 5.94. The molecule has 102 valence electrons. The second-order valence-corrected chi connectivity index (χ2v) is 4.57. The van der Waals surface area contributed by atoms with Crippen molar-refractivity contribution in [2.45, 2.75) is 6.54 Å². The molecular formula is C17H13N3O. The van der Waals surface area contributed by atoms with E-state index in [1.54, 1.807) is 24.3 Å². The van der Waals surface area contributed by atoms with Gasteiger partial charge in [-0.15, -0.1) is 5.11 Å². The highest BCUT2D eigenvalue weighted by Gasteiger charge is 2.02. The Morgan fingerprint density at radius 2 is 1.67 bits per heavy atom. The molecule has 0 N–H and O–H groups in total. The zero-order valence-corrected chi connectivity index (χ0v) is 11.3. The number of nitrogens with zero attached hydrogens (tertiary/aromatic N) is 3. The third-order valence-electron chi connectivity index (χ3n) is 3.07. The molecule has 2 aromatic carbocycles. The van der Waals surface area contributed by atoms with Gasteiger partial charge in [-0.05, 0) is 24.3 Å². The Labute approximate surface area is 122 Å². The number of amides is 1. The van der Waals surface area contributed by atoms with E-state index < -0.39 is 0 Å². The van der Waals surface area contributed by atoms with Crippen LogP contribution in [-0.4, -0.2) is 10.9 Å². The Hall–Kier alpha value is -2.88. The SMILES string of the molecule is O=C(N=NCc1ccc2ccccc2n1)c1ccccc1. The number of hydrogen-bond donors (Lipinski definition) is 0. The van der Waals surface area contributed by atoms with Crippen molar-refractivity contribution in [1.29, 1.82) is 0 Å². The Morgan fingerprint density at radius 1 is 0.905 bits per heavy atom. The molecule has 1 heterocycles. The molecule has 0 spiro atoms. The molecule has 0 aliphatic heterocycles. The maximum absolute atomic E-state index is 11.8. The van der Waals surface area contributed by atoms with Gasteiger partial charge in [0.1, 0.15) is 6.54 Å². The van der Waals surface area contributed by atoms with E-state index in [2.05, 4.69) is 15.2 Å². The first-order valence-corrected chi connectivity index (χ1v) is 6.64. The summed E-state index contributed by atoms with van der Waals surface area (Å²) in [6, 6.07) is 20.7. The molecule has 3 rings (SSSR count). The average molecular weight is 275 g/mol. The lowest BCUT2D eigenvalue weighted by Gasteiger charge is -1.99. The van der Waals surface area contributed by atoms with E-state index in [0.29, 0.717) is 12.1 Å². The molecule has 3 aromatic rings. The first-order valence-electron chi connectivity index (χ1n) is 6.64. The van der Waals surface area contributed by atoms with E-state index in [1.807, 2.05) is 42.5 Å². The molecule has 0 unspecified atom stereocenters. The lowest BCUT2D eigenvalue weighted by molar-refractivity contribution is 0.0993. The smallest absolute Gasteiger partial charge is 0.265 e. The molecule has 0 saturated heterocycles. The van der Waals surface area contributed by atoms with Gasteiger partial charge in [0.15, 0.2) is 0 Å². The first-order chi connectivity index (χ1) is 10.3. The maximum atomic E-state index is 11.8. The van der Waals surface area contributed by atoms with Gasteiger partial charge in [-0.3, -0.25) is 9.78 Å². The Bertz CT molecular complexity index is 797. The number of azo groups is 1. The summed E-state index contributed by atoms with van der Waals surface area (Å²) in [5.74, 6) is -0.337. The zero-order valence-electron chi connectivity index (χ0n) is 11.3. The van der Waals surface area contributed by atoms with Crippen molar-refractivity contribution < 1.29 is 4.79 Å². The van der Waals surface area contributed by atoms with Crippen LogP contribution in [0.4, 0.5) is 0 Å². The fourth-order valence-corrected chi connectivity index (χ4v) is 2.01. The van der Waals surface area contributed by atoms with Crippen molar-refractivity contribution in [3.63, 3.8) is 0 Å². The number of benzene rings is 2. The molecule has 0 aliphatic rings. The van der Waals surface area contributed by atoms with E-state index in [1.165, 1.54) is 0 Å². The van der Waals surface area contributed by atoms with Gasteiger partial charge in [-0.2, -0.15) is 5.11 Å². The highest BCUT2D eigenvalue weighted by atomic mass is 16.1. The van der Waals surface area contributed by atoms with E-state index in [-0.39, 0.29) is 5.91 Å². The third kappa shape index (κ3) is 3.17. The van der Waals surface area contributed by atoms with E-state index in [9.17, 15) is 4.79 Å². The van der Waals surface area contributed by atoms with Crippen molar-refractivity contribution in [2.75, 3.05) is 0 Å². The van der Waals surface area contributed by atoms with Crippen LogP contribution in [0.2, 0.25) is 0 Å². The largest absolute Gasteiger partial charge is 0.295 e. The summed E-state index contributed by atoms with van der Waals surface area (Å²) >= 11 is 0. The number of fused-ring (bicyclic) bond motifs is 1.